The summed E-state index contributed by atoms with van der Waals surface area (Å²) in [4.78, 5) is 46.4. The van der Waals surface area contributed by atoms with E-state index in [1.165, 1.54) is 13.3 Å². The van der Waals surface area contributed by atoms with Crippen LogP contribution in [0.25, 0.3) is 0 Å². The summed E-state index contributed by atoms with van der Waals surface area (Å²) in [6.45, 7) is 3.14. The van der Waals surface area contributed by atoms with Gasteiger partial charge >= 0.3 is 17.6 Å². The second-order valence-electron chi connectivity index (χ2n) is 6.23. The minimum Gasteiger partial charge on any atom is -0.496 e. The molecule has 0 bridgehead atoms. The van der Waals surface area contributed by atoms with Gasteiger partial charge in [-0.2, -0.15) is 4.98 Å². The van der Waals surface area contributed by atoms with E-state index in [1.54, 1.807) is 13.8 Å². The number of hydrogen-bond donors (Lipinski definition) is 2. The number of ether oxygens (including phenoxy) is 1. The Labute approximate surface area is 175 Å². The zero-order valence-electron chi connectivity index (χ0n) is 16.2. The monoisotopic (exact) mass is 439 g/mol. The Kier molecular flexibility index (Phi) is 7.06. The molecule has 0 saturated heterocycles. The highest BCUT2D eigenvalue weighted by molar-refractivity contribution is 6.28. The Balaban J connectivity index is 2.70. The van der Waals surface area contributed by atoms with Gasteiger partial charge in [0.1, 0.15) is 18.0 Å². The van der Waals surface area contributed by atoms with E-state index in [2.05, 4.69) is 15.0 Å². The molecule has 160 valence electrons. The first-order valence-electron chi connectivity index (χ1n) is 8.44. The molecule has 2 rings (SSSR count). The summed E-state index contributed by atoms with van der Waals surface area (Å²) in [6.07, 6.45) is 1.47. The van der Waals surface area contributed by atoms with Crippen LogP contribution in [0.15, 0.2) is 12.4 Å². The number of carbonyl (C=O) groups is 2. The van der Waals surface area contributed by atoms with E-state index >= 15 is 0 Å². The first-order valence-corrected chi connectivity index (χ1v) is 8.81. The molecule has 30 heavy (non-hydrogen) atoms. The fourth-order valence-corrected chi connectivity index (χ4v) is 3.04. The second-order valence-corrected chi connectivity index (χ2v) is 6.57. The third kappa shape index (κ3) is 4.89. The summed E-state index contributed by atoms with van der Waals surface area (Å²) in [5.74, 6) is -2.87. The quantitative estimate of drug-likeness (QED) is 0.332. The van der Waals surface area contributed by atoms with Crippen LogP contribution in [-0.4, -0.2) is 55.2 Å². The van der Waals surface area contributed by atoms with E-state index in [-0.39, 0.29) is 11.8 Å². The van der Waals surface area contributed by atoms with Crippen molar-refractivity contribution in [3.63, 3.8) is 0 Å². The van der Waals surface area contributed by atoms with E-state index in [4.69, 9.17) is 16.3 Å². The summed E-state index contributed by atoms with van der Waals surface area (Å²) in [5.41, 5.74) is 0.970. The van der Waals surface area contributed by atoms with Crippen LogP contribution in [0.4, 0.5) is 11.5 Å². The first-order chi connectivity index (χ1) is 14.1. The van der Waals surface area contributed by atoms with Crippen molar-refractivity contribution in [2.24, 2.45) is 0 Å². The number of carboxylic acids is 2. The van der Waals surface area contributed by atoms with Crippen LogP contribution in [0, 0.1) is 24.0 Å². The molecule has 0 aliphatic heterocycles. The van der Waals surface area contributed by atoms with Crippen molar-refractivity contribution in [3.8, 4) is 5.75 Å². The molecule has 0 unspecified atom stereocenters. The Morgan fingerprint density at radius 1 is 1.30 bits per heavy atom. The normalized spacial score (nSPS) is 11.6. The number of pyridine rings is 1. The van der Waals surface area contributed by atoms with Crippen molar-refractivity contribution in [2.75, 3.05) is 12.0 Å². The Bertz CT molecular complexity index is 1000. The average Bonchev–Trinajstić information content (AvgIpc) is 2.65. The van der Waals surface area contributed by atoms with Gasteiger partial charge in [0.25, 0.3) is 0 Å². The van der Waals surface area contributed by atoms with Gasteiger partial charge in [0.2, 0.25) is 11.1 Å². The minimum atomic E-state index is -1.69. The maximum atomic E-state index is 11.9. The number of anilines is 1. The Hall–Kier alpha value is -3.54. The summed E-state index contributed by atoms with van der Waals surface area (Å²) in [6, 6.07) is -1.69. The molecular weight excluding hydrogens is 422 g/mol. The predicted molar refractivity (Wildman–Crippen MR) is 104 cm³/mol. The van der Waals surface area contributed by atoms with Gasteiger partial charge in [0.05, 0.1) is 30.7 Å². The molecule has 1 atom stereocenters. The number of aromatic nitrogens is 3. The number of nitrogens with zero attached hydrogens (tertiary/aromatic N) is 5. The van der Waals surface area contributed by atoms with Crippen LogP contribution in [0.1, 0.15) is 23.2 Å². The maximum absolute atomic E-state index is 11.9. The average molecular weight is 440 g/mol. The minimum absolute atomic E-state index is 0.305. The van der Waals surface area contributed by atoms with Gasteiger partial charge in [-0.05, 0) is 25.4 Å². The van der Waals surface area contributed by atoms with Gasteiger partial charge in [0, 0.05) is 17.3 Å². The zero-order chi connectivity index (χ0) is 22.6. The number of nitro groups is 1. The fourth-order valence-electron chi connectivity index (χ4n) is 2.91. The molecule has 2 heterocycles. The lowest BCUT2D eigenvalue weighted by molar-refractivity contribution is -0.384. The fraction of sp³-hybridized carbons (Fsp3) is 0.353. The lowest BCUT2D eigenvalue weighted by Gasteiger charge is -2.29. The van der Waals surface area contributed by atoms with Gasteiger partial charge in [-0.1, -0.05) is 0 Å². The second kappa shape index (κ2) is 9.31. The van der Waals surface area contributed by atoms with Gasteiger partial charge < -0.3 is 19.8 Å². The van der Waals surface area contributed by atoms with E-state index in [0.29, 0.717) is 17.0 Å². The van der Waals surface area contributed by atoms with Crippen molar-refractivity contribution >= 4 is 35.0 Å². The summed E-state index contributed by atoms with van der Waals surface area (Å²) in [5, 5.41) is 29.9. The maximum Gasteiger partial charge on any atom is 0.329 e. The highest BCUT2D eigenvalue weighted by Crippen LogP contribution is 2.32. The topological polar surface area (TPSA) is 169 Å². The smallest absolute Gasteiger partial charge is 0.329 e. The summed E-state index contributed by atoms with van der Waals surface area (Å²) < 4.78 is 5.33. The van der Waals surface area contributed by atoms with Crippen LogP contribution in [0.3, 0.4) is 0 Å². The summed E-state index contributed by atoms with van der Waals surface area (Å²) >= 11 is 5.79. The predicted octanol–water partition coefficient (Wildman–Crippen LogP) is 1.99. The number of hydrogen-bond acceptors (Lipinski definition) is 9. The van der Waals surface area contributed by atoms with E-state index in [9.17, 15) is 29.9 Å². The van der Waals surface area contributed by atoms with Crippen LogP contribution in [0.5, 0.6) is 5.75 Å². The van der Waals surface area contributed by atoms with Crippen molar-refractivity contribution in [3.05, 3.63) is 44.6 Å². The van der Waals surface area contributed by atoms with Crippen LogP contribution in [-0.2, 0) is 16.1 Å². The third-order valence-corrected chi connectivity index (χ3v) is 4.47. The van der Waals surface area contributed by atoms with E-state index < -0.39 is 40.8 Å². The van der Waals surface area contributed by atoms with E-state index in [1.807, 2.05) is 0 Å². The standard InChI is InChI=1S/C17H18ClN5O7/c1-8-5-19-10(9(2)14(8)30-3)7-22(11(16(26)27)4-13(24)25)15-12(23(28)29)6-20-17(18)21-15/h5-6,11H,4,7H2,1-3H3,(H,24,25)(H,26,27)/t11-/m1/s1. The lowest BCUT2D eigenvalue weighted by atomic mass is 10.1. The van der Waals surface area contributed by atoms with Crippen molar-refractivity contribution in [1.82, 2.24) is 15.0 Å². The molecule has 12 nitrogen and oxygen atoms in total. The number of methoxy groups -OCH3 is 1. The molecule has 0 fully saturated rings. The van der Waals surface area contributed by atoms with Gasteiger partial charge in [-0.15, -0.1) is 0 Å². The number of carboxylic acid groups (broad SMARTS) is 2. The van der Waals surface area contributed by atoms with Crippen LogP contribution in [0.2, 0.25) is 5.28 Å². The number of rotatable bonds is 9. The molecule has 0 aliphatic carbocycles. The molecule has 0 radical (unpaired) electrons. The van der Waals surface area contributed by atoms with Crippen LogP contribution >= 0.6 is 11.6 Å². The Morgan fingerprint density at radius 3 is 2.50 bits per heavy atom. The molecular formula is C17H18ClN5O7. The number of aliphatic carboxylic acids is 2. The highest BCUT2D eigenvalue weighted by Gasteiger charge is 2.35. The zero-order valence-corrected chi connectivity index (χ0v) is 17.0. The molecule has 0 aromatic carbocycles. The lowest BCUT2D eigenvalue weighted by Crippen LogP contribution is -2.43. The van der Waals surface area contributed by atoms with Gasteiger partial charge in [0.15, 0.2) is 0 Å². The SMILES string of the molecule is COc1c(C)cnc(CN(c2nc(Cl)ncc2[N+](=O)[O-])[C@H](CC(=O)O)C(=O)O)c1C. The van der Waals surface area contributed by atoms with Crippen molar-refractivity contribution in [1.29, 1.82) is 0 Å². The van der Waals surface area contributed by atoms with E-state index in [0.717, 1.165) is 16.7 Å². The molecule has 2 aromatic heterocycles. The largest absolute Gasteiger partial charge is 0.496 e. The van der Waals surface area contributed by atoms with Crippen molar-refractivity contribution in [2.45, 2.75) is 32.9 Å². The molecule has 2 aromatic rings. The number of halogens is 1. The molecule has 13 heteroatoms. The molecule has 0 amide bonds. The molecule has 0 aliphatic rings. The first kappa shape index (κ1) is 22.7. The van der Waals surface area contributed by atoms with Crippen LogP contribution < -0.4 is 9.64 Å². The van der Waals surface area contributed by atoms with Gasteiger partial charge in [-0.25, -0.2) is 9.78 Å². The molecule has 0 saturated carbocycles. The summed E-state index contributed by atoms with van der Waals surface area (Å²) in [7, 11) is 1.45. The van der Waals surface area contributed by atoms with Gasteiger partial charge in [-0.3, -0.25) is 19.9 Å². The molecule has 0 spiro atoms. The third-order valence-electron chi connectivity index (χ3n) is 4.29. The number of aryl methyl sites for hydroxylation is 1. The van der Waals surface area contributed by atoms with Crippen molar-refractivity contribution < 1.29 is 29.5 Å². The molecule has 2 N–H and O–H groups in total. The Morgan fingerprint density at radius 2 is 1.97 bits per heavy atom. The highest BCUT2D eigenvalue weighted by atomic mass is 35.5.